The topological polar surface area (TPSA) is 70.2 Å². The number of nitrogens with zero attached hydrogens (tertiary/aromatic N) is 3. The Morgan fingerprint density at radius 1 is 0.944 bits per heavy atom. The minimum absolute atomic E-state index is 0.0713. The van der Waals surface area contributed by atoms with E-state index in [2.05, 4.69) is 59.8 Å². The Kier molecular flexibility index (Phi) is 6.41. The molecule has 36 heavy (non-hydrogen) atoms. The van der Waals surface area contributed by atoms with Gasteiger partial charge in [0.25, 0.3) is 0 Å². The molecule has 6 nitrogen and oxygen atoms in total. The maximum atomic E-state index is 12.2. The molecule has 0 aliphatic carbocycles. The van der Waals surface area contributed by atoms with Crippen LogP contribution in [0.3, 0.4) is 0 Å². The molecule has 0 aliphatic rings. The van der Waals surface area contributed by atoms with Crippen molar-refractivity contribution in [2.75, 3.05) is 7.11 Å². The molecule has 7 heteroatoms. The van der Waals surface area contributed by atoms with Crippen molar-refractivity contribution >= 4 is 22.7 Å². The summed E-state index contributed by atoms with van der Waals surface area (Å²) in [5.74, 6) is 1.94. The molecule has 0 unspecified atom stereocenters. The lowest BCUT2D eigenvalue weighted by Gasteiger charge is -2.19. The summed E-state index contributed by atoms with van der Waals surface area (Å²) in [7, 11) is 1.59. The molecule has 0 radical (unpaired) electrons. The van der Waals surface area contributed by atoms with E-state index in [-0.39, 0.29) is 5.41 Å². The van der Waals surface area contributed by atoms with Crippen LogP contribution in [0, 0.1) is 0 Å². The molecule has 5 rings (SSSR count). The maximum absolute atomic E-state index is 12.2. The summed E-state index contributed by atoms with van der Waals surface area (Å²) in [6, 6.07) is 25.6. The van der Waals surface area contributed by atoms with E-state index in [1.807, 2.05) is 42.5 Å². The molecule has 2 aromatic heterocycles. The Balaban J connectivity index is 1.53. The summed E-state index contributed by atoms with van der Waals surface area (Å²) < 4.78 is 12.7. The highest BCUT2D eigenvalue weighted by molar-refractivity contribution is 7.98. The van der Waals surface area contributed by atoms with Crippen molar-refractivity contribution in [1.82, 2.24) is 14.8 Å². The second kappa shape index (κ2) is 9.66. The molecule has 3 aromatic carbocycles. The Bertz CT molecular complexity index is 1570. The SMILES string of the molecule is COc1ccc2c(CSc3nnc(-c4ccc(C(C)(C)C)cc4)n3-c3ccccc3)cc(=O)oc2c1. The predicted octanol–water partition coefficient (Wildman–Crippen LogP) is 6.64. The van der Waals surface area contributed by atoms with Crippen LogP contribution in [0.4, 0.5) is 0 Å². The van der Waals surface area contributed by atoms with Gasteiger partial charge in [-0.3, -0.25) is 4.57 Å². The number of thioether (sulfide) groups is 1. The number of ether oxygens (including phenoxy) is 1. The highest BCUT2D eigenvalue weighted by atomic mass is 32.2. The van der Waals surface area contributed by atoms with Gasteiger partial charge in [0.2, 0.25) is 0 Å². The number of rotatable bonds is 6. The van der Waals surface area contributed by atoms with Crippen LogP contribution in [0.25, 0.3) is 28.0 Å². The predicted molar refractivity (Wildman–Crippen MR) is 144 cm³/mol. The maximum Gasteiger partial charge on any atom is 0.336 e. The van der Waals surface area contributed by atoms with Crippen LogP contribution < -0.4 is 10.4 Å². The Morgan fingerprint density at radius 3 is 2.39 bits per heavy atom. The van der Waals surface area contributed by atoms with Crippen molar-refractivity contribution < 1.29 is 9.15 Å². The van der Waals surface area contributed by atoms with E-state index < -0.39 is 5.63 Å². The lowest BCUT2D eigenvalue weighted by atomic mass is 9.87. The van der Waals surface area contributed by atoms with Crippen LogP contribution in [0.1, 0.15) is 31.9 Å². The molecule has 0 aliphatic heterocycles. The molecule has 0 saturated heterocycles. The summed E-state index contributed by atoms with van der Waals surface area (Å²) in [4.78, 5) is 12.2. The van der Waals surface area contributed by atoms with Crippen molar-refractivity contribution in [1.29, 1.82) is 0 Å². The standard InChI is InChI=1S/C29H27N3O3S/c1-29(2,3)21-12-10-19(11-13-21)27-30-31-28(32(27)22-8-6-5-7-9-22)36-18-20-16-26(33)35-25-17-23(34-4)14-15-24(20)25/h5-17H,18H2,1-4H3. The van der Waals surface area contributed by atoms with E-state index in [0.717, 1.165) is 33.2 Å². The summed E-state index contributed by atoms with van der Waals surface area (Å²) in [5.41, 5.74) is 4.27. The first-order valence-corrected chi connectivity index (χ1v) is 12.7. The number of para-hydroxylation sites is 1. The lowest BCUT2D eigenvalue weighted by Crippen LogP contribution is -2.10. The van der Waals surface area contributed by atoms with Crippen molar-refractivity contribution in [3.63, 3.8) is 0 Å². The number of hydrogen-bond acceptors (Lipinski definition) is 6. The van der Waals surface area contributed by atoms with Crippen LogP contribution in [0.5, 0.6) is 5.75 Å². The quantitative estimate of drug-likeness (QED) is 0.193. The zero-order valence-electron chi connectivity index (χ0n) is 20.7. The Morgan fingerprint density at radius 2 is 1.69 bits per heavy atom. The fraction of sp³-hybridized carbons (Fsp3) is 0.207. The smallest absolute Gasteiger partial charge is 0.336 e. The number of hydrogen-bond donors (Lipinski definition) is 0. The fourth-order valence-corrected chi connectivity index (χ4v) is 5.02. The van der Waals surface area contributed by atoms with Gasteiger partial charge >= 0.3 is 5.63 Å². The summed E-state index contributed by atoms with van der Waals surface area (Å²) in [5, 5.41) is 10.7. The molecule has 5 aromatic rings. The molecule has 0 N–H and O–H groups in total. The Hall–Kier alpha value is -3.84. The largest absolute Gasteiger partial charge is 0.497 e. The van der Waals surface area contributed by atoms with E-state index >= 15 is 0 Å². The molecule has 0 atom stereocenters. The van der Waals surface area contributed by atoms with E-state index in [1.54, 1.807) is 13.2 Å². The minimum atomic E-state index is -0.393. The molecule has 0 spiro atoms. The van der Waals surface area contributed by atoms with E-state index in [9.17, 15) is 4.79 Å². The third-order valence-corrected chi connectivity index (χ3v) is 7.03. The van der Waals surface area contributed by atoms with Crippen molar-refractivity contribution in [3.8, 4) is 22.8 Å². The number of fused-ring (bicyclic) bond motifs is 1. The van der Waals surface area contributed by atoms with Gasteiger partial charge in [-0.1, -0.05) is 75.0 Å². The molecular formula is C29H27N3O3S. The molecule has 0 bridgehead atoms. The van der Waals surface area contributed by atoms with Gasteiger partial charge in [-0.2, -0.15) is 0 Å². The van der Waals surface area contributed by atoms with Crippen LogP contribution in [-0.2, 0) is 11.2 Å². The van der Waals surface area contributed by atoms with E-state index in [1.165, 1.54) is 23.4 Å². The highest BCUT2D eigenvalue weighted by Gasteiger charge is 2.19. The third-order valence-electron chi connectivity index (χ3n) is 6.05. The molecule has 182 valence electrons. The zero-order chi connectivity index (χ0) is 25.3. The summed E-state index contributed by atoms with van der Waals surface area (Å²) >= 11 is 1.53. The van der Waals surface area contributed by atoms with Gasteiger partial charge in [0, 0.05) is 34.5 Å². The van der Waals surface area contributed by atoms with Crippen LogP contribution in [0.2, 0.25) is 0 Å². The van der Waals surface area contributed by atoms with E-state index in [4.69, 9.17) is 9.15 Å². The minimum Gasteiger partial charge on any atom is -0.497 e. The van der Waals surface area contributed by atoms with Crippen LogP contribution in [0.15, 0.2) is 93.2 Å². The van der Waals surface area contributed by atoms with Crippen molar-refractivity contribution in [2.24, 2.45) is 0 Å². The average molecular weight is 498 g/mol. The van der Waals surface area contributed by atoms with E-state index in [0.29, 0.717) is 17.1 Å². The number of aromatic nitrogens is 3. The highest BCUT2D eigenvalue weighted by Crippen LogP contribution is 2.33. The first-order valence-electron chi connectivity index (χ1n) is 11.7. The van der Waals surface area contributed by atoms with Crippen molar-refractivity contribution in [3.05, 3.63) is 100 Å². The molecule has 0 amide bonds. The van der Waals surface area contributed by atoms with Gasteiger partial charge in [0.1, 0.15) is 11.3 Å². The first-order chi connectivity index (χ1) is 17.3. The van der Waals surface area contributed by atoms with Gasteiger partial charge in [-0.05, 0) is 40.8 Å². The number of benzene rings is 3. The molecular weight excluding hydrogens is 470 g/mol. The third kappa shape index (κ3) is 4.79. The zero-order valence-corrected chi connectivity index (χ0v) is 21.5. The first kappa shape index (κ1) is 23.9. The normalized spacial score (nSPS) is 11.7. The number of methoxy groups -OCH3 is 1. The van der Waals surface area contributed by atoms with Gasteiger partial charge < -0.3 is 9.15 Å². The second-order valence-corrected chi connectivity index (χ2v) is 10.5. The second-order valence-electron chi connectivity index (χ2n) is 9.55. The molecule has 2 heterocycles. The summed E-state index contributed by atoms with van der Waals surface area (Å²) in [6.45, 7) is 6.60. The van der Waals surface area contributed by atoms with Crippen LogP contribution >= 0.6 is 11.8 Å². The fourth-order valence-electron chi connectivity index (χ4n) is 4.08. The average Bonchev–Trinajstić information content (AvgIpc) is 3.30. The summed E-state index contributed by atoms with van der Waals surface area (Å²) in [6.07, 6.45) is 0. The van der Waals surface area contributed by atoms with Gasteiger partial charge in [0.05, 0.1) is 7.11 Å². The van der Waals surface area contributed by atoms with Crippen molar-refractivity contribution in [2.45, 2.75) is 37.1 Å². The molecule has 0 saturated carbocycles. The van der Waals surface area contributed by atoms with Gasteiger partial charge in [0.15, 0.2) is 11.0 Å². The van der Waals surface area contributed by atoms with Gasteiger partial charge in [-0.15, -0.1) is 10.2 Å². The Labute approximate surface area is 214 Å². The molecule has 0 fully saturated rings. The van der Waals surface area contributed by atoms with Gasteiger partial charge in [-0.25, -0.2) is 4.79 Å². The van der Waals surface area contributed by atoms with Crippen LogP contribution in [-0.4, -0.2) is 21.9 Å². The lowest BCUT2D eigenvalue weighted by molar-refractivity contribution is 0.414. The monoisotopic (exact) mass is 497 g/mol.